The maximum absolute atomic E-state index is 12.4. The van der Waals surface area contributed by atoms with Gasteiger partial charge in [0.15, 0.2) is 0 Å². The van der Waals surface area contributed by atoms with Crippen molar-refractivity contribution in [3.8, 4) is 0 Å². The highest BCUT2D eigenvalue weighted by Gasteiger charge is 2.43. The second kappa shape index (κ2) is 5.54. The predicted molar refractivity (Wildman–Crippen MR) is 76.8 cm³/mol. The molecule has 1 aromatic carbocycles. The molecule has 2 rings (SSSR count). The third-order valence-corrected chi connectivity index (χ3v) is 4.24. The molecular weight excluding hydrogens is 326 g/mol. The third kappa shape index (κ3) is 3.02. The topological polar surface area (TPSA) is 66.8 Å². The monoisotopic (exact) mass is 341 g/mol. The average molecular weight is 342 g/mol. The van der Waals surface area contributed by atoms with E-state index >= 15 is 0 Å². The maximum Gasteiger partial charge on any atom is 0.329 e. The highest BCUT2D eigenvalue weighted by molar-refractivity contribution is 9.10. The molecule has 1 saturated heterocycles. The fourth-order valence-corrected chi connectivity index (χ4v) is 2.61. The van der Waals surface area contributed by atoms with E-state index in [2.05, 4.69) is 15.9 Å². The number of amides is 1. The fourth-order valence-electron chi connectivity index (χ4n) is 2.24. The number of benzene rings is 1. The predicted octanol–water partition coefficient (Wildman–Crippen LogP) is 2.07. The van der Waals surface area contributed by atoms with E-state index in [0.717, 1.165) is 10.0 Å². The number of rotatable bonds is 4. The number of hydrogen-bond acceptors (Lipinski definition) is 3. The van der Waals surface area contributed by atoms with Crippen LogP contribution in [0, 0.1) is 6.92 Å². The van der Waals surface area contributed by atoms with E-state index in [4.69, 9.17) is 9.84 Å². The van der Waals surface area contributed by atoms with E-state index in [0.29, 0.717) is 18.7 Å². The first-order valence-electron chi connectivity index (χ1n) is 6.22. The van der Waals surface area contributed by atoms with Gasteiger partial charge in [-0.05, 0) is 31.5 Å². The summed E-state index contributed by atoms with van der Waals surface area (Å²) in [4.78, 5) is 24.5. The quantitative estimate of drug-likeness (QED) is 0.910. The van der Waals surface area contributed by atoms with Crippen LogP contribution in [-0.2, 0) is 9.53 Å². The number of carbonyl (C=O) groups is 2. The Morgan fingerprint density at radius 1 is 1.45 bits per heavy atom. The minimum absolute atomic E-state index is 0.0554. The van der Waals surface area contributed by atoms with E-state index in [-0.39, 0.29) is 12.5 Å². The molecule has 1 aliphatic heterocycles. The first-order valence-corrected chi connectivity index (χ1v) is 7.02. The van der Waals surface area contributed by atoms with Crippen LogP contribution in [-0.4, -0.2) is 47.2 Å². The van der Waals surface area contributed by atoms with Gasteiger partial charge in [0.25, 0.3) is 5.91 Å². The normalized spacial score (nSPS) is 16.6. The van der Waals surface area contributed by atoms with E-state index in [9.17, 15) is 9.59 Å². The lowest BCUT2D eigenvalue weighted by Gasteiger charge is -2.47. The Hall–Kier alpha value is -1.40. The van der Waals surface area contributed by atoms with Crippen LogP contribution in [0.2, 0.25) is 0 Å². The van der Waals surface area contributed by atoms with Gasteiger partial charge in [-0.25, -0.2) is 4.79 Å². The number of halogens is 1. The molecule has 108 valence electrons. The Balaban J connectivity index is 2.00. The summed E-state index contributed by atoms with van der Waals surface area (Å²) in [5.74, 6) is -1.06. The summed E-state index contributed by atoms with van der Waals surface area (Å²) in [5.41, 5.74) is 0.991. The highest BCUT2D eigenvalue weighted by atomic mass is 79.9. The van der Waals surface area contributed by atoms with Gasteiger partial charge in [-0.1, -0.05) is 22.0 Å². The van der Waals surface area contributed by atoms with Crippen LogP contribution >= 0.6 is 15.9 Å². The third-order valence-electron chi connectivity index (χ3n) is 3.38. The molecule has 0 bridgehead atoms. The molecule has 5 nitrogen and oxygen atoms in total. The summed E-state index contributed by atoms with van der Waals surface area (Å²) in [6, 6.07) is 5.50. The van der Waals surface area contributed by atoms with Crippen LogP contribution < -0.4 is 0 Å². The van der Waals surface area contributed by atoms with Gasteiger partial charge in [0.1, 0.15) is 12.2 Å². The van der Waals surface area contributed by atoms with Crippen LogP contribution in [0.15, 0.2) is 22.7 Å². The molecule has 0 saturated carbocycles. The van der Waals surface area contributed by atoms with Crippen LogP contribution in [0.1, 0.15) is 22.8 Å². The number of ether oxygens (including phenoxy) is 1. The number of nitrogens with zero attached hydrogens (tertiary/aromatic N) is 1. The molecule has 1 N–H and O–H groups in total. The lowest BCUT2D eigenvalue weighted by molar-refractivity contribution is -0.159. The Morgan fingerprint density at radius 3 is 2.70 bits per heavy atom. The largest absolute Gasteiger partial charge is 0.480 e. The van der Waals surface area contributed by atoms with Crippen LogP contribution in [0.25, 0.3) is 0 Å². The van der Waals surface area contributed by atoms with Gasteiger partial charge in [0.2, 0.25) is 0 Å². The second-order valence-corrected chi connectivity index (χ2v) is 6.06. The lowest BCUT2D eigenvalue weighted by atomic mass is 9.94. The first-order chi connectivity index (χ1) is 9.32. The van der Waals surface area contributed by atoms with Crippen molar-refractivity contribution in [3.63, 3.8) is 0 Å². The van der Waals surface area contributed by atoms with Crippen molar-refractivity contribution in [2.24, 2.45) is 0 Å². The zero-order chi connectivity index (χ0) is 14.9. The standard InChI is InChI=1S/C14H16BrNO4/c1-9-10(4-3-5-11(9)15)13(19)16-7-14(2,8-16)20-6-12(17)18/h3-5H,6-8H2,1-2H3,(H,17,18). The van der Waals surface area contributed by atoms with Gasteiger partial charge in [0, 0.05) is 10.0 Å². The Bertz CT molecular complexity index is 552. The summed E-state index contributed by atoms with van der Waals surface area (Å²) in [5, 5.41) is 8.61. The van der Waals surface area contributed by atoms with E-state index in [1.54, 1.807) is 11.0 Å². The molecule has 0 radical (unpaired) electrons. The molecule has 1 aromatic rings. The number of likely N-dealkylation sites (tertiary alicyclic amines) is 1. The van der Waals surface area contributed by atoms with Crippen LogP contribution in [0.3, 0.4) is 0 Å². The van der Waals surface area contributed by atoms with Crippen molar-refractivity contribution in [2.45, 2.75) is 19.4 Å². The van der Waals surface area contributed by atoms with Crippen LogP contribution in [0.4, 0.5) is 0 Å². The molecule has 0 atom stereocenters. The van der Waals surface area contributed by atoms with Crippen molar-refractivity contribution in [2.75, 3.05) is 19.7 Å². The minimum atomic E-state index is -1.00. The smallest absolute Gasteiger partial charge is 0.329 e. The van der Waals surface area contributed by atoms with E-state index < -0.39 is 11.6 Å². The second-order valence-electron chi connectivity index (χ2n) is 5.21. The molecular formula is C14H16BrNO4. The maximum atomic E-state index is 12.4. The van der Waals surface area contributed by atoms with Gasteiger partial charge < -0.3 is 14.7 Å². The Labute approximate surface area is 125 Å². The summed E-state index contributed by atoms with van der Waals surface area (Å²) in [6.45, 7) is 4.18. The number of carbonyl (C=O) groups excluding carboxylic acids is 1. The fraction of sp³-hybridized carbons (Fsp3) is 0.429. The van der Waals surface area contributed by atoms with E-state index in [1.807, 2.05) is 26.0 Å². The van der Waals surface area contributed by atoms with Gasteiger partial charge >= 0.3 is 5.97 Å². The molecule has 0 spiro atoms. The van der Waals surface area contributed by atoms with Crippen molar-refractivity contribution in [1.29, 1.82) is 0 Å². The molecule has 0 aromatic heterocycles. The molecule has 0 unspecified atom stereocenters. The number of hydrogen-bond donors (Lipinski definition) is 1. The van der Waals surface area contributed by atoms with Crippen molar-refractivity contribution in [3.05, 3.63) is 33.8 Å². The van der Waals surface area contributed by atoms with E-state index in [1.165, 1.54) is 0 Å². The number of carboxylic acids is 1. The Kier molecular flexibility index (Phi) is 4.15. The number of aliphatic carboxylic acids is 1. The van der Waals surface area contributed by atoms with Crippen molar-refractivity contribution in [1.82, 2.24) is 4.90 Å². The van der Waals surface area contributed by atoms with Gasteiger partial charge in [-0.2, -0.15) is 0 Å². The molecule has 6 heteroatoms. The average Bonchev–Trinajstić information content (AvgIpc) is 2.35. The minimum Gasteiger partial charge on any atom is -0.480 e. The van der Waals surface area contributed by atoms with Crippen molar-refractivity contribution < 1.29 is 19.4 Å². The lowest BCUT2D eigenvalue weighted by Crippen LogP contribution is -2.63. The summed E-state index contributed by atoms with van der Waals surface area (Å²) >= 11 is 3.41. The summed E-state index contributed by atoms with van der Waals surface area (Å²) < 4.78 is 6.19. The summed E-state index contributed by atoms with van der Waals surface area (Å²) in [7, 11) is 0. The van der Waals surface area contributed by atoms with Gasteiger partial charge in [-0.3, -0.25) is 4.79 Å². The molecule has 1 fully saturated rings. The molecule has 1 amide bonds. The zero-order valence-electron chi connectivity index (χ0n) is 11.4. The van der Waals surface area contributed by atoms with Crippen molar-refractivity contribution >= 4 is 27.8 Å². The zero-order valence-corrected chi connectivity index (χ0v) is 12.9. The SMILES string of the molecule is Cc1c(Br)cccc1C(=O)N1CC(C)(OCC(=O)O)C1. The molecule has 1 aliphatic rings. The summed E-state index contributed by atoms with van der Waals surface area (Å²) in [6.07, 6.45) is 0. The van der Waals surface area contributed by atoms with Gasteiger partial charge in [-0.15, -0.1) is 0 Å². The molecule has 20 heavy (non-hydrogen) atoms. The first kappa shape index (κ1) is 15.0. The molecule has 1 heterocycles. The van der Waals surface area contributed by atoms with Gasteiger partial charge in [0.05, 0.1) is 13.1 Å². The highest BCUT2D eigenvalue weighted by Crippen LogP contribution is 2.28. The molecule has 0 aliphatic carbocycles. The Morgan fingerprint density at radius 2 is 2.10 bits per heavy atom. The number of carboxylic acid groups (broad SMARTS) is 1. The van der Waals surface area contributed by atoms with Crippen LogP contribution in [0.5, 0.6) is 0 Å².